The molecule has 0 aliphatic heterocycles. The van der Waals surface area contributed by atoms with Gasteiger partial charge in [-0.25, -0.2) is 0 Å². The molecule has 1 aliphatic rings. The van der Waals surface area contributed by atoms with Crippen molar-refractivity contribution in [3.8, 4) is 0 Å². The Morgan fingerprint density at radius 1 is 1.25 bits per heavy atom. The van der Waals surface area contributed by atoms with Gasteiger partial charge in [-0.15, -0.1) is 0 Å². The molecule has 0 radical (unpaired) electrons. The Morgan fingerprint density at radius 3 is 2.75 bits per heavy atom. The third-order valence-electron chi connectivity index (χ3n) is 3.47. The molecular formula is C15H20N+. The summed E-state index contributed by atoms with van der Waals surface area (Å²) in [4.78, 5) is 0. The highest BCUT2D eigenvalue weighted by atomic mass is 14.9. The maximum absolute atomic E-state index is 2.30. The predicted octanol–water partition coefficient (Wildman–Crippen LogP) is 3.19. The molecule has 1 heteroatoms. The maximum Gasteiger partial charge on any atom is 0.208 e. The van der Waals surface area contributed by atoms with E-state index in [4.69, 9.17) is 0 Å². The summed E-state index contributed by atoms with van der Waals surface area (Å²) in [6.45, 7) is 6.64. The fraction of sp³-hybridized carbons (Fsp3) is 0.400. The van der Waals surface area contributed by atoms with E-state index in [1.165, 1.54) is 22.5 Å². The number of pyridine rings is 1. The molecule has 1 atom stereocenters. The number of hydrogen-bond donors (Lipinski definition) is 0. The second-order valence-corrected chi connectivity index (χ2v) is 4.81. The van der Waals surface area contributed by atoms with E-state index in [1.54, 1.807) is 0 Å². The van der Waals surface area contributed by atoms with Crippen LogP contribution < -0.4 is 4.57 Å². The average molecular weight is 214 g/mol. The first-order chi connectivity index (χ1) is 7.59. The van der Waals surface area contributed by atoms with E-state index in [-0.39, 0.29) is 0 Å². The van der Waals surface area contributed by atoms with E-state index >= 15 is 0 Å². The van der Waals surface area contributed by atoms with Crippen LogP contribution >= 0.6 is 0 Å². The Labute approximate surface area is 98.1 Å². The first-order valence-electron chi connectivity index (χ1n) is 5.93. The highest BCUT2D eigenvalue weighted by Crippen LogP contribution is 2.29. The zero-order valence-electron chi connectivity index (χ0n) is 10.6. The lowest BCUT2D eigenvalue weighted by molar-refractivity contribution is -0.680. The highest BCUT2D eigenvalue weighted by Gasteiger charge is 2.19. The fourth-order valence-corrected chi connectivity index (χ4v) is 2.26. The van der Waals surface area contributed by atoms with E-state index in [1.807, 2.05) is 0 Å². The van der Waals surface area contributed by atoms with Gasteiger partial charge in [0.05, 0.1) is 0 Å². The maximum atomic E-state index is 2.30. The summed E-state index contributed by atoms with van der Waals surface area (Å²) in [6, 6.07) is 6.52. The quantitative estimate of drug-likeness (QED) is 0.632. The van der Waals surface area contributed by atoms with Crippen LogP contribution in [0, 0.1) is 12.8 Å². The number of nitrogens with zero attached hydrogens (tertiary/aromatic N) is 1. The molecular weight excluding hydrogens is 194 g/mol. The van der Waals surface area contributed by atoms with Crippen molar-refractivity contribution in [3.05, 3.63) is 47.3 Å². The first kappa shape index (κ1) is 11.1. The van der Waals surface area contributed by atoms with Crippen molar-refractivity contribution in [2.45, 2.75) is 27.2 Å². The van der Waals surface area contributed by atoms with Crippen LogP contribution in [0.4, 0.5) is 0 Å². The van der Waals surface area contributed by atoms with E-state index in [0.29, 0.717) is 5.92 Å². The molecule has 0 amide bonds. The van der Waals surface area contributed by atoms with Crippen LogP contribution in [0.15, 0.2) is 35.9 Å². The van der Waals surface area contributed by atoms with Crippen LogP contribution in [-0.2, 0) is 7.05 Å². The molecule has 1 unspecified atom stereocenters. The molecule has 0 saturated heterocycles. The molecule has 0 aromatic carbocycles. The number of hydrogen-bond acceptors (Lipinski definition) is 0. The molecule has 0 fully saturated rings. The molecule has 0 spiro atoms. The van der Waals surface area contributed by atoms with E-state index < -0.39 is 0 Å². The third-order valence-corrected chi connectivity index (χ3v) is 3.47. The largest absolute Gasteiger partial charge is 0.208 e. The number of aryl methyl sites for hydroxylation is 1. The lowest BCUT2D eigenvalue weighted by Crippen LogP contribution is -2.36. The molecule has 16 heavy (non-hydrogen) atoms. The number of rotatable bonds is 1. The molecule has 1 aromatic rings. The van der Waals surface area contributed by atoms with Gasteiger partial charge in [-0.05, 0) is 30.9 Å². The van der Waals surface area contributed by atoms with Gasteiger partial charge in [-0.3, -0.25) is 0 Å². The van der Waals surface area contributed by atoms with Crippen molar-refractivity contribution in [2.75, 3.05) is 0 Å². The molecule has 0 N–H and O–H groups in total. The standard InChI is InChI=1S/C15H20N/c1-11-8-9-12(2)14(10-11)15-7-5-6-13(3)16(15)4/h5-9,11H,10H2,1-4H3/q+1. The molecule has 1 aromatic heterocycles. The normalized spacial score (nSPS) is 20.4. The second-order valence-electron chi connectivity index (χ2n) is 4.81. The van der Waals surface area contributed by atoms with Gasteiger partial charge in [-0.2, -0.15) is 4.57 Å². The van der Waals surface area contributed by atoms with Gasteiger partial charge in [0, 0.05) is 24.6 Å². The van der Waals surface area contributed by atoms with Crippen molar-refractivity contribution in [1.82, 2.24) is 0 Å². The van der Waals surface area contributed by atoms with Gasteiger partial charge in [0.1, 0.15) is 7.05 Å². The zero-order chi connectivity index (χ0) is 11.7. The van der Waals surface area contributed by atoms with Crippen LogP contribution in [0.3, 0.4) is 0 Å². The Hall–Kier alpha value is -1.37. The summed E-state index contributed by atoms with van der Waals surface area (Å²) in [7, 11) is 2.15. The molecule has 0 saturated carbocycles. The van der Waals surface area contributed by atoms with Gasteiger partial charge in [0.15, 0.2) is 5.69 Å². The summed E-state index contributed by atoms with van der Waals surface area (Å²) in [6.07, 6.45) is 5.71. The lowest BCUT2D eigenvalue weighted by Gasteiger charge is -2.16. The minimum absolute atomic E-state index is 0.652. The predicted molar refractivity (Wildman–Crippen MR) is 67.9 cm³/mol. The van der Waals surface area contributed by atoms with Crippen molar-refractivity contribution < 1.29 is 4.57 Å². The van der Waals surface area contributed by atoms with Gasteiger partial charge >= 0.3 is 0 Å². The minimum Gasteiger partial charge on any atom is -0.199 e. The summed E-state index contributed by atoms with van der Waals surface area (Å²) in [5.74, 6) is 0.652. The number of aromatic nitrogens is 1. The Balaban J connectivity index is 2.52. The Morgan fingerprint density at radius 2 is 2.00 bits per heavy atom. The van der Waals surface area contributed by atoms with Crippen LogP contribution in [0.2, 0.25) is 0 Å². The monoisotopic (exact) mass is 214 g/mol. The molecule has 1 nitrogen and oxygen atoms in total. The van der Waals surface area contributed by atoms with E-state index in [2.05, 4.69) is 62.7 Å². The van der Waals surface area contributed by atoms with Gasteiger partial charge in [0.25, 0.3) is 0 Å². The van der Waals surface area contributed by atoms with Crippen LogP contribution in [-0.4, -0.2) is 0 Å². The fourth-order valence-electron chi connectivity index (χ4n) is 2.26. The second kappa shape index (κ2) is 4.25. The molecule has 0 bridgehead atoms. The minimum atomic E-state index is 0.652. The van der Waals surface area contributed by atoms with Crippen LogP contribution in [0.5, 0.6) is 0 Å². The Kier molecular flexibility index (Phi) is 2.95. The first-order valence-corrected chi connectivity index (χ1v) is 5.93. The van der Waals surface area contributed by atoms with E-state index in [9.17, 15) is 0 Å². The smallest absolute Gasteiger partial charge is 0.199 e. The van der Waals surface area contributed by atoms with Crippen LogP contribution in [0.25, 0.3) is 5.57 Å². The SMILES string of the molecule is CC1=C(c2cccc(C)[n+]2C)CC(C)C=C1. The van der Waals surface area contributed by atoms with Gasteiger partial charge < -0.3 is 0 Å². The summed E-state index contributed by atoms with van der Waals surface area (Å²) < 4.78 is 2.28. The highest BCUT2D eigenvalue weighted by molar-refractivity contribution is 5.68. The Bertz CT molecular complexity index is 466. The topological polar surface area (TPSA) is 3.88 Å². The van der Waals surface area contributed by atoms with Crippen molar-refractivity contribution in [1.29, 1.82) is 0 Å². The van der Waals surface area contributed by atoms with Gasteiger partial charge in [-0.1, -0.05) is 19.1 Å². The van der Waals surface area contributed by atoms with Crippen molar-refractivity contribution in [3.63, 3.8) is 0 Å². The summed E-state index contributed by atoms with van der Waals surface area (Å²) >= 11 is 0. The third kappa shape index (κ3) is 1.95. The molecule has 2 rings (SSSR count). The average Bonchev–Trinajstić information content (AvgIpc) is 2.26. The van der Waals surface area contributed by atoms with Crippen LogP contribution in [0.1, 0.15) is 31.7 Å². The molecule has 84 valence electrons. The van der Waals surface area contributed by atoms with Crippen molar-refractivity contribution >= 4 is 5.57 Å². The lowest BCUT2D eigenvalue weighted by atomic mass is 9.89. The summed E-state index contributed by atoms with van der Waals surface area (Å²) in [5, 5.41) is 0. The van der Waals surface area contributed by atoms with Crippen molar-refractivity contribution in [2.24, 2.45) is 13.0 Å². The summed E-state index contributed by atoms with van der Waals surface area (Å²) in [5.41, 5.74) is 5.55. The molecule has 1 heterocycles. The zero-order valence-corrected chi connectivity index (χ0v) is 10.6. The van der Waals surface area contributed by atoms with Gasteiger partial charge in [0.2, 0.25) is 5.69 Å². The molecule has 1 aliphatic carbocycles. The number of allylic oxidation sites excluding steroid dienone is 4. The van der Waals surface area contributed by atoms with E-state index in [0.717, 1.165) is 6.42 Å².